The molecule has 0 bridgehead atoms. The molecule has 0 aromatic carbocycles. The van der Waals surface area contributed by atoms with Crippen molar-refractivity contribution in [3.05, 3.63) is 26.6 Å². The smallest absolute Gasteiger partial charge is 0.259 e. The van der Waals surface area contributed by atoms with Crippen molar-refractivity contribution in [1.82, 2.24) is 20.2 Å². The molecule has 3 heterocycles. The Morgan fingerprint density at radius 3 is 3.00 bits per heavy atom. The Kier molecular flexibility index (Phi) is 4.22. The van der Waals surface area contributed by atoms with Gasteiger partial charge in [0.2, 0.25) is 0 Å². The van der Waals surface area contributed by atoms with Crippen LogP contribution < -0.4 is 10.9 Å². The van der Waals surface area contributed by atoms with Crippen LogP contribution in [0.5, 0.6) is 0 Å². The van der Waals surface area contributed by atoms with Crippen LogP contribution in [-0.4, -0.2) is 40.5 Å². The highest BCUT2D eigenvalue weighted by molar-refractivity contribution is 7.18. The van der Waals surface area contributed by atoms with E-state index in [-0.39, 0.29) is 11.6 Å². The first-order chi connectivity index (χ1) is 11.5. The molecule has 1 fully saturated rings. The lowest BCUT2D eigenvalue weighted by atomic mass is 9.89. The van der Waals surface area contributed by atoms with Gasteiger partial charge < -0.3 is 10.3 Å². The molecule has 1 aliphatic carbocycles. The first-order valence-corrected chi connectivity index (χ1v) is 9.87. The molecule has 4 rings (SSSR count). The first-order valence-electron chi connectivity index (χ1n) is 9.05. The molecule has 3 atom stereocenters. The Bertz CT molecular complexity index is 811. The van der Waals surface area contributed by atoms with E-state index in [0.29, 0.717) is 12.0 Å². The van der Waals surface area contributed by atoms with E-state index >= 15 is 0 Å². The normalized spacial score (nSPS) is 26.5. The topological polar surface area (TPSA) is 61.0 Å². The van der Waals surface area contributed by atoms with Crippen molar-refractivity contribution in [3.63, 3.8) is 0 Å². The molecule has 2 aromatic rings. The summed E-state index contributed by atoms with van der Waals surface area (Å²) >= 11 is 1.73. The fraction of sp³-hybridized carbons (Fsp3) is 0.667. The molecule has 0 saturated carbocycles. The molecular formula is C18H26N4OS. The average Bonchev–Trinajstić information content (AvgIpc) is 2.92. The molecule has 2 N–H and O–H groups in total. The summed E-state index contributed by atoms with van der Waals surface area (Å²) in [5.74, 6) is 1.53. The highest BCUT2D eigenvalue weighted by Gasteiger charge is 2.27. The molecule has 1 saturated heterocycles. The maximum absolute atomic E-state index is 12.8. The minimum atomic E-state index is 0.0525. The number of aromatic nitrogens is 2. The average molecular weight is 347 g/mol. The largest absolute Gasteiger partial charge is 0.314 e. The van der Waals surface area contributed by atoms with Crippen molar-refractivity contribution in [2.75, 3.05) is 19.6 Å². The molecule has 1 aliphatic heterocycles. The zero-order valence-electron chi connectivity index (χ0n) is 14.7. The lowest BCUT2D eigenvalue weighted by Crippen LogP contribution is -2.50. The van der Waals surface area contributed by atoms with Crippen LogP contribution in [0, 0.1) is 5.92 Å². The fourth-order valence-electron chi connectivity index (χ4n) is 4.15. The van der Waals surface area contributed by atoms with Crippen LogP contribution in [-0.2, 0) is 12.8 Å². The summed E-state index contributed by atoms with van der Waals surface area (Å²) in [7, 11) is 0. The summed E-state index contributed by atoms with van der Waals surface area (Å²) in [6, 6.07) is 0.587. The molecule has 0 amide bonds. The second-order valence-corrected chi connectivity index (χ2v) is 8.53. The molecule has 24 heavy (non-hydrogen) atoms. The lowest BCUT2D eigenvalue weighted by Gasteiger charge is -2.37. The van der Waals surface area contributed by atoms with Gasteiger partial charge >= 0.3 is 0 Å². The number of aryl methyl sites for hydroxylation is 1. The van der Waals surface area contributed by atoms with E-state index in [1.54, 1.807) is 11.3 Å². The molecule has 0 spiro atoms. The number of hydrogen-bond donors (Lipinski definition) is 2. The Hall–Kier alpha value is -1.24. The third-order valence-corrected chi connectivity index (χ3v) is 6.78. The van der Waals surface area contributed by atoms with Crippen molar-refractivity contribution < 1.29 is 0 Å². The molecule has 130 valence electrons. The number of H-pyrrole nitrogens is 1. The van der Waals surface area contributed by atoms with Gasteiger partial charge in [-0.25, -0.2) is 4.98 Å². The van der Waals surface area contributed by atoms with Crippen LogP contribution in [0.2, 0.25) is 0 Å². The Morgan fingerprint density at radius 1 is 1.38 bits per heavy atom. The number of thiophene rings is 1. The quantitative estimate of drug-likeness (QED) is 0.877. The van der Waals surface area contributed by atoms with Crippen molar-refractivity contribution in [1.29, 1.82) is 0 Å². The number of nitrogens with zero attached hydrogens (tertiary/aromatic N) is 2. The van der Waals surface area contributed by atoms with Crippen LogP contribution in [0.3, 0.4) is 0 Å². The Balaban J connectivity index is 1.74. The van der Waals surface area contributed by atoms with Gasteiger partial charge in [0.25, 0.3) is 5.56 Å². The highest BCUT2D eigenvalue weighted by atomic mass is 32.1. The minimum absolute atomic E-state index is 0.0525. The number of piperazine rings is 1. The van der Waals surface area contributed by atoms with Gasteiger partial charge in [0.05, 0.1) is 11.4 Å². The number of fused-ring (bicyclic) bond motifs is 3. The van der Waals surface area contributed by atoms with Gasteiger partial charge in [0.1, 0.15) is 10.7 Å². The summed E-state index contributed by atoms with van der Waals surface area (Å²) in [6.07, 6.45) is 3.29. The van der Waals surface area contributed by atoms with Gasteiger partial charge in [-0.3, -0.25) is 9.69 Å². The maximum atomic E-state index is 12.8. The van der Waals surface area contributed by atoms with Gasteiger partial charge in [0.15, 0.2) is 0 Å². The summed E-state index contributed by atoms with van der Waals surface area (Å²) in [5.41, 5.74) is 1.31. The summed E-state index contributed by atoms with van der Waals surface area (Å²) < 4.78 is 0. The third kappa shape index (κ3) is 2.70. The molecule has 2 aromatic heterocycles. The van der Waals surface area contributed by atoms with Crippen molar-refractivity contribution in [2.24, 2.45) is 5.92 Å². The predicted molar refractivity (Wildman–Crippen MR) is 98.9 cm³/mol. The molecule has 6 heteroatoms. The Labute approximate surface area is 146 Å². The summed E-state index contributed by atoms with van der Waals surface area (Å²) in [6.45, 7) is 9.65. The van der Waals surface area contributed by atoms with Gasteiger partial charge in [-0.15, -0.1) is 11.3 Å². The van der Waals surface area contributed by atoms with E-state index in [1.165, 1.54) is 16.9 Å². The second kappa shape index (κ2) is 6.24. The van der Waals surface area contributed by atoms with Gasteiger partial charge in [0, 0.05) is 30.6 Å². The fourth-order valence-corrected chi connectivity index (χ4v) is 5.54. The zero-order valence-corrected chi connectivity index (χ0v) is 15.5. The first kappa shape index (κ1) is 16.2. The van der Waals surface area contributed by atoms with E-state index in [2.05, 4.69) is 36.0 Å². The van der Waals surface area contributed by atoms with Crippen LogP contribution in [0.15, 0.2) is 4.79 Å². The van der Waals surface area contributed by atoms with Crippen LogP contribution in [0.4, 0.5) is 0 Å². The second-order valence-electron chi connectivity index (χ2n) is 7.45. The van der Waals surface area contributed by atoms with Crippen molar-refractivity contribution >= 4 is 21.6 Å². The van der Waals surface area contributed by atoms with E-state index in [0.717, 1.165) is 48.5 Å². The van der Waals surface area contributed by atoms with Crippen molar-refractivity contribution in [3.8, 4) is 0 Å². The standard InChI is InChI=1S/C18H26N4OS/c1-10-4-5-13-14(8-10)24-18-15(13)17(23)20-16(21-18)12(3)22-7-6-19-9-11(22)2/h10-12,19H,4-9H2,1-3H3,(H,20,21,23)/t10?,11-,12?/m0/s1. The maximum Gasteiger partial charge on any atom is 0.259 e. The Morgan fingerprint density at radius 2 is 2.21 bits per heavy atom. The van der Waals surface area contributed by atoms with Gasteiger partial charge in [-0.05, 0) is 44.6 Å². The van der Waals surface area contributed by atoms with Crippen LogP contribution in [0.1, 0.15) is 49.5 Å². The molecule has 0 radical (unpaired) electrons. The summed E-state index contributed by atoms with van der Waals surface area (Å²) in [5, 5.41) is 4.27. The molecule has 5 nitrogen and oxygen atoms in total. The van der Waals surface area contributed by atoms with Crippen molar-refractivity contribution in [2.45, 2.75) is 52.1 Å². The van der Waals surface area contributed by atoms with E-state index in [4.69, 9.17) is 4.98 Å². The number of hydrogen-bond acceptors (Lipinski definition) is 5. The number of rotatable bonds is 2. The number of aromatic amines is 1. The van der Waals surface area contributed by atoms with Crippen LogP contribution >= 0.6 is 11.3 Å². The van der Waals surface area contributed by atoms with E-state index in [1.807, 2.05) is 0 Å². The van der Waals surface area contributed by atoms with E-state index in [9.17, 15) is 4.79 Å². The number of nitrogens with one attached hydrogen (secondary N) is 2. The van der Waals surface area contributed by atoms with Gasteiger partial charge in [-0.1, -0.05) is 6.92 Å². The molecule has 2 aliphatic rings. The summed E-state index contributed by atoms with van der Waals surface area (Å²) in [4.78, 5) is 25.5. The minimum Gasteiger partial charge on any atom is -0.314 e. The zero-order chi connectivity index (χ0) is 16.8. The highest BCUT2D eigenvalue weighted by Crippen LogP contribution is 2.36. The lowest BCUT2D eigenvalue weighted by molar-refractivity contribution is 0.121. The predicted octanol–water partition coefficient (Wildman–Crippen LogP) is 2.46. The molecular weight excluding hydrogens is 320 g/mol. The third-order valence-electron chi connectivity index (χ3n) is 5.63. The van der Waals surface area contributed by atoms with E-state index < -0.39 is 0 Å². The SMILES string of the molecule is CC1CCc2c(sc3nc(C(C)N4CCNC[C@@H]4C)[nH]c(=O)c23)C1. The monoisotopic (exact) mass is 346 g/mol. The van der Waals surface area contributed by atoms with Crippen LogP contribution in [0.25, 0.3) is 10.2 Å². The van der Waals surface area contributed by atoms with Gasteiger partial charge in [-0.2, -0.15) is 0 Å². The molecule has 2 unspecified atom stereocenters.